The Morgan fingerprint density at radius 3 is 2.57 bits per heavy atom. The van der Waals surface area contributed by atoms with Crippen LogP contribution in [0.25, 0.3) is 0 Å². The first-order valence-electron chi connectivity index (χ1n) is 4.16. The standard InChI is InChI=1S/C9H13N3OS/c1-6(2)11-12(3)8-5-4-7(14-8)9(10)13/h4-5H,1-3H3,(H2,10,13). The highest BCUT2D eigenvalue weighted by Crippen LogP contribution is 2.24. The lowest BCUT2D eigenvalue weighted by Crippen LogP contribution is -2.09. The maximum absolute atomic E-state index is 10.8. The number of nitrogens with zero attached hydrogens (tertiary/aromatic N) is 2. The maximum atomic E-state index is 10.8. The summed E-state index contributed by atoms with van der Waals surface area (Å²) in [5.41, 5.74) is 6.11. The number of hydrogen-bond donors (Lipinski definition) is 1. The molecule has 0 fully saturated rings. The normalized spacial score (nSPS) is 9.64. The minimum Gasteiger partial charge on any atom is -0.365 e. The van der Waals surface area contributed by atoms with Crippen LogP contribution in [0.1, 0.15) is 23.5 Å². The van der Waals surface area contributed by atoms with Gasteiger partial charge in [0.2, 0.25) is 0 Å². The highest BCUT2D eigenvalue weighted by Gasteiger charge is 2.07. The first-order valence-corrected chi connectivity index (χ1v) is 4.97. The predicted molar refractivity (Wildman–Crippen MR) is 60.0 cm³/mol. The SMILES string of the molecule is CC(C)=NN(C)c1ccc(C(N)=O)s1. The average Bonchev–Trinajstić information content (AvgIpc) is 2.50. The zero-order valence-electron chi connectivity index (χ0n) is 8.44. The van der Waals surface area contributed by atoms with E-state index in [-0.39, 0.29) is 0 Å². The van der Waals surface area contributed by atoms with E-state index in [1.165, 1.54) is 11.3 Å². The number of hydrazone groups is 1. The summed E-state index contributed by atoms with van der Waals surface area (Å²) in [7, 11) is 1.84. The van der Waals surface area contributed by atoms with Gasteiger partial charge >= 0.3 is 0 Å². The molecule has 0 atom stereocenters. The van der Waals surface area contributed by atoms with Crippen LogP contribution in [0.15, 0.2) is 17.2 Å². The number of rotatable bonds is 3. The smallest absolute Gasteiger partial charge is 0.258 e. The van der Waals surface area contributed by atoms with Gasteiger partial charge in [-0.3, -0.25) is 9.80 Å². The Morgan fingerprint density at radius 2 is 2.14 bits per heavy atom. The molecule has 1 rings (SSSR count). The zero-order chi connectivity index (χ0) is 10.7. The van der Waals surface area contributed by atoms with Crippen LogP contribution in [0.4, 0.5) is 5.00 Å². The predicted octanol–water partition coefficient (Wildman–Crippen LogP) is 1.68. The van der Waals surface area contributed by atoms with E-state index in [4.69, 9.17) is 5.73 Å². The van der Waals surface area contributed by atoms with Gasteiger partial charge in [-0.25, -0.2) is 0 Å². The highest BCUT2D eigenvalue weighted by molar-refractivity contribution is 7.17. The molecule has 0 aliphatic rings. The monoisotopic (exact) mass is 211 g/mol. The fraction of sp³-hybridized carbons (Fsp3) is 0.333. The van der Waals surface area contributed by atoms with Gasteiger partial charge in [-0.15, -0.1) is 11.3 Å². The van der Waals surface area contributed by atoms with Crippen LogP contribution in [-0.4, -0.2) is 18.7 Å². The third-order valence-electron chi connectivity index (χ3n) is 1.50. The van der Waals surface area contributed by atoms with Crippen molar-refractivity contribution < 1.29 is 4.79 Å². The molecule has 1 aromatic heterocycles. The Morgan fingerprint density at radius 1 is 1.50 bits per heavy atom. The molecule has 4 nitrogen and oxygen atoms in total. The lowest BCUT2D eigenvalue weighted by atomic mass is 10.4. The molecule has 0 saturated carbocycles. The van der Waals surface area contributed by atoms with Crippen molar-refractivity contribution in [3.05, 3.63) is 17.0 Å². The van der Waals surface area contributed by atoms with E-state index in [9.17, 15) is 4.79 Å². The largest absolute Gasteiger partial charge is 0.365 e. The second-order valence-corrected chi connectivity index (χ2v) is 4.14. The molecule has 1 amide bonds. The third kappa shape index (κ3) is 2.56. The van der Waals surface area contributed by atoms with Gasteiger partial charge in [0.1, 0.15) is 5.00 Å². The Hall–Kier alpha value is -1.36. The zero-order valence-corrected chi connectivity index (χ0v) is 9.26. The van der Waals surface area contributed by atoms with Gasteiger partial charge in [0.15, 0.2) is 0 Å². The minimum absolute atomic E-state index is 0.396. The second kappa shape index (κ2) is 4.23. The van der Waals surface area contributed by atoms with Crippen LogP contribution >= 0.6 is 11.3 Å². The van der Waals surface area contributed by atoms with Crippen LogP contribution in [-0.2, 0) is 0 Å². The summed E-state index contributed by atoms with van der Waals surface area (Å²) in [6, 6.07) is 3.54. The fourth-order valence-corrected chi connectivity index (χ4v) is 1.75. The summed E-state index contributed by atoms with van der Waals surface area (Å²) in [6.07, 6.45) is 0. The van der Waals surface area contributed by atoms with Crippen molar-refractivity contribution in [2.75, 3.05) is 12.1 Å². The summed E-state index contributed by atoms with van der Waals surface area (Å²) in [4.78, 5) is 11.4. The molecular weight excluding hydrogens is 198 g/mol. The molecule has 0 bridgehead atoms. The van der Waals surface area contributed by atoms with Crippen molar-refractivity contribution in [2.45, 2.75) is 13.8 Å². The number of thiophene rings is 1. The summed E-state index contributed by atoms with van der Waals surface area (Å²) in [6.45, 7) is 3.83. The number of amides is 1. The molecule has 2 N–H and O–H groups in total. The summed E-state index contributed by atoms with van der Waals surface area (Å²) < 4.78 is 0. The van der Waals surface area contributed by atoms with Gasteiger partial charge in [0.05, 0.1) is 4.88 Å². The molecule has 0 aliphatic heterocycles. The number of primary amides is 1. The van der Waals surface area contributed by atoms with E-state index in [0.29, 0.717) is 4.88 Å². The van der Waals surface area contributed by atoms with Gasteiger partial charge in [-0.2, -0.15) is 5.10 Å². The molecular formula is C9H13N3OS. The van der Waals surface area contributed by atoms with E-state index in [1.807, 2.05) is 27.0 Å². The van der Waals surface area contributed by atoms with Crippen LogP contribution in [0.5, 0.6) is 0 Å². The molecule has 1 aromatic rings. The topological polar surface area (TPSA) is 58.7 Å². The lowest BCUT2D eigenvalue weighted by molar-refractivity contribution is 0.100. The summed E-state index contributed by atoms with van der Waals surface area (Å²) in [5, 5.41) is 6.86. The molecule has 1 heterocycles. The van der Waals surface area contributed by atoms with E-state index in [1.54, 1.807) is 11.1 Å². The Kier molecular flexibility index (Phi) is 3.24. The fourth-order valence-electron chi connectivity index (χ4n) is 0.983. The summed E-state index contributed by atoms with van der Waals surface area (Å²) >= 11 is 1.34. The first kappa shape index (κ1) is 10.7. The van der Waals surface area contributed by atoms with Crippen molar-refractivity contribution in [3.63, 3.8) is 0 Å². The molecule has 0 saturated heterocycles. The van der Waals surface area contributed by atoms with Crippen molar-refractivity contribution >= 4 is 28.0 Å². The second-order valence-electron chi connectivity index (χ2n) is 3.07. The van der Waals surface area contributed by atoms with Gasteiger partial charge in [-0.05, 0) is 26.0 Å². The molecule has 0 aliphatic carbocycles. The van der Waals surface area contributed by atoms with Gasteiger partial charge in [0, 0.05) is 12.8 Å². The van der Waals surface area contributed by atoms with E-state index in [0.717, 1.165) is 10.7 Å². The van der Waals surface area contributed by atoms with Crippen molar-refractivity contribution in [1.29, 1.82) is 0 Å². The molecule has 0 radical (unpaired) electrons. The molecule has 0 spiro atoms. The van der Waals surface area contributed by atoms with Gasteiger partial charge in [0.25, 0.3) is 5.91 Å². The van der Waals surface area contributed by atoms with E-state index >= 15 is 0 Å². The van der Waals surface area contributed by atoms with Crippen molar-refractivity contribution in [3.8, 4) is 0 Å². The number of carbonyl (C=O) groups excluding carboxylic acids is 1. The minimum atomic E-state index is -0.396. The number of anilines is 1. The Balaban J connectivity index is 2.86. The van der Waals surface area contributed by atoms with Crippen molar-refractivity contribution in [1.82, 2.24) is 0 Å². The Bertz CT molecular complexity index is 366. The first-order chi connectivity index (χ1) is 6.50. The van der Waals surface area contributed by atoms with Crippen LogP contribution in [0.3, 0.4) is 0 Å². The number of nitrogens with two attached hydrogens (primary N) is 1. The molecule has 0 aromatic carbocycles. The molecule has 14 heavy (non-hydrogen) atoms. The van der Waals surface area contributed by atoms with Gasteiger partial charge in [-0.1, -0.05) is 0 Å². The van der Waals surface area contributed by atoms with E-state index < -0.39 is 5.91 Å². The van der Waals surface area contributed by atoms with E-state index in [2.05, 4.69) is 5.10 Å². The Labute approximate surface area is 87.0 Å². The van der Waals surface area contributed by atoms with Crippen molar-refractivity contribution in [2.24, 2.45) is 10.8 Å². The van der Waals surface area contributed by atoms with Crippen LogP contribution < -0.4 is 10.7 Å². The third-order valence-corrected chi connectivity index (χ3v) is 2.67. The van der Waals surface area contributed by atoms with Crippen LogP contribution in [0, 0.1) is 0 Å². The molecule has 5 heteroatoms. The highest BCUT2D eigenvalue weighted by atomic mass is 32.1. The average molecular weight is 211 g/mol. The maximum Gasteiger partial charge on any atom is 0.258 e. The van der Waals surface area contributed by atoms with Crippen LogP contribution in [0.2, 0.25) is 0 Å². The summed E-state index contributed by atoms with van der Waals surface area (Å²) in [5.74, 6) is -0.396. The van der Waals surface area contributed by atoms with Gasteiger partial charge < -0.3 is 5.73 Å². The molecule has 0 unspecified atom stereocenters. The molecule has 76 valence electrons. The quantitative estimate of drug-likeness (QED) is 0.611. The number of hydrogen-bond acceptors (Lipinski definition) is 4. The lowest BCUT2D eigenvalue weighted by Gasteiger charge is -2.09. The number of carbonyl (C=O) groups is 1.